The van der Waals surface area contributed by atoms with E-state index in [0.29, 0.717) is 17.9 Å². The van der Waals surface area contributed by atoms with Crippen LogP contribution >= 0.6 is 0 Å². The molecule has 0 unspecified atom stereocenters. The first-order valence-electron chi connectivity index (χ1n) is 12.5. The van der Waals surface area contributed by atoms with Crippen molar-refractivity contribution in [2.24, 2.45) is 0 Å². The summed E-state index contributed by atoms with van der Waals surface area (Å²) in [5.41, 5.74) is 4.88. The quantitative estimate of drug-likeness (QED) is 0.384. The molecular weight excluding hydrogens is 466 g/mol. The topological polar surface area (TPSA) is 96.1 Å². The van der Waals surface area contributed by atoms with Crippen LogP contribution in [0.2, 0.25) is 0 Å². The van der Waals surface area contributed by atoms with Crippen molar-refractivity contribution >= 4 is 16.6 Å². The van der Waals surface area contributed by atoms with Crippen molar-refractivity contribution in [3.05, 3.63) is 106 Å². The summed E-state index contributed by atoms with van der Waals surface area (Å²) in [7, 11) is 0. The number of hydrogen-bond acceptors (Lipinski definition) is 7. The number of furan rings is 1. The van der Waals surface area contributed by atoms with Gasteiger partial charge in [-0.15, -0.1) is 5.10 Å². The van der Waals surface area contributed by atoms with E-state index in [1.807, 2.05) is 30.3 Å². The molecule has 1 N–H and O–H groups in total. The van der Waals surface area contributed by atoms with Crippen molar-refractivity contribution in [2.75, 3.05) is 31.1 Å². The fourth-order valence-electron chi connectivity index (χ4n) is 5.14. The normalized spacial score (nSPS) is 15.4. The Kier molecular flexibility index (Phi) is 6.05. The average Bonchev–Trinajstić information content (AvgIpc) is 3.60. The first kappa shape index (κ1) is 23.2. The third kappa shape index (κ3) is 4.53. The van der Waals surface area contributed by atoms with Gasteiger partial charge in [0.15, 0.2) is 5.82 Å². The number of aromatic amines is 1. The Bertz CT molecular complexity index is 1570. The highest BCUT2D eigenvalue weighted by Gasteiger charge is 2.33. The highest BCUT2D eigenvalue weighted by Crippen LogP contribution is 2.29. The number of tetrazole rings is 1. The van der Waals surface area contributed by atoms with Gasteiger partial charge in [0.05, 0.1) is 6.26 Å². The van der Waals surface area contributed by atoms with E-state index in [0.717, 1.165) is 48.4 Å². The average molecular weight is 496 g/mol. The number of nitrogens with zero attached hydrogens (tertiary/aromatic N) is 6. The van der Waals surface area contributed by atoms with Gasteiger partial charge in [-0.25, -0.2) is 4.68 Å². The minimum absolute atomic E-state index is 0.126. The number of rotatable bonds is 6. The zero-order chi connectivity index (χ0) is 25.4. The monoisotopic (exact) mass is 495 g/mol. The molecule has 0 spiro atoms. The largest absolute Gasteiger partial charge is 0.467 e. The summed E-state index contributed by atoms with van der Waals surface area (Å²) >= 11 is 0. The van der Waals surface area contributed by atoms with E-state index in [1.165, 1.54) is 11.3 Å². The molecule has 4 heterocycles. The van der Waals surface area contributed by atoms with Gasteiger partial charge in [0.25, 0.3) is 5.56 Å². The Morgan fingerprint density at radius 2 is 1.76 bits per heavy atom. The molecule has 0 saturated carbocycles. The lowest BCUT2D eigenvalue weighted by Crippen LogP contribution is -2.49. The fraction of sp³-hybridized carbons (Fsp3) is 0.286. The van der Waals surface area contributed by atoms with Gasteiger partial charge in [-0.2, -0.15) is 0 Å². The van der Waals surface area contributed by atoms with Crippen molar-refractivity contribution in [2.45, 2.75) is 26.4 Å². The first-order valence-corrected chi connectivity index (χ1v) is 12.5. The molecule has 3 aromatic heterocycles. The van der Waals surface area contributed by atoms with Crippen LogP contribution < -0.4 is 10.5 Å². The van der Waals surface area contributed by atoms with Crippen molar-refractivity contribution in [3.63, 3.8) is 0 Å². The molecular formula is C28H29N7O2. The molecule has 1 saturated heterocycles. The smallest absolute Gasteiger partial charge is 0.253 e. The highest BCUT2D eigenvalue weighted by molar-refractivity contribution is 5.81. The van der Waals surface area contributed by atoms with Crippen LogP contribution in [-0.4, -0.2) is 56.3 Å². The summed E-state index contributed by atoms with van der Waals surface area (Å²) in [5.74, 6) is 1.37. The zero-order valence-electron chi connectivity index (χ0n) is 21.0. The van der Waals surface area contributed by atoms with Crippen LogP contribution in [0, 0.1) is 13.8 Å². The SMILES string of the molecule is Cc1cc2cc([C@@H](c3nnnn3Cc3ccco3)N3CCN(c4ccccc4)CC3)c(=O)[nH]c2cc1C. The van der Waals surface area contributed by atoms with Crippen LogP contribution in [0.25, 0.3) is 10.9 Å². The lowest BCUT2D eigenvalue weighted by molar-refractivity contribution is 0.200. The molecule has 0 aliphatic carbocycles. The van der Waals surface area contributed by atoms with Crippen LogP contribution in [0.15, 0.2) is 76.1 Å². The Balaban J connectivity index is 1.40. The summed E-state index contributed by atoms with van der Waals surface area (Å²) < 4.78 is 7.29. The third-order valence-corrected chi connectivity index (χ3v) is 7.27. The Morgan fingerprint density at radius 3 is 2.51 bits per heavy atom. The number of aryl methyl sites for hydroxylation is 2. The van der Waals surface area contributed by atoms with Crippen molar-refractivity contribution < 1.29 is 4.42 Å². The number of anilines is 1. The number of nitrogens with one attached hydrogen (secondary N) is 1. The number of para-hydroxylation sites is 1. The maximum Gasteiger partial charge on any atom is 0.253 e. The third-order valence-electron chi connectivity index (χ3n) is 7.27. The van der Waals surface area contributed by atoms with Crippen molar-refractivity contribution in [1.29, 1.82) is 0 Å². The molecule has 0 amide bonds. The summed E-state index contributed by atoms with van der Waals surface area (Å²) in [4.78, 5) is 21.3. The predicted molar refractivity (Wildman–Crippen MR) is 142 cm³/mol. The van der Waals surface area contributed by atoms with Crippen molar-refractivity contribution in [1.82, 2.24) is 30.1 Å². The lowest BCUT2D eigenvalue weighted by atomic mass is 10.00. The van der Waals surface area contributed by atoms with Crippen LogP contribution in [0.5, 0.6) is 0 Å². The van der Waals surface area contributed by atoms with Gasteiger partial charge < -0.3 is 14.3 Å². The molecule has 1 aliphatic heterocycles. The molecule has 0 radical (unpaired) electrons. The second-order valence-electron chi connectivity index (χ2n) is 9.61. The number of H-pyrrole nitrogens is 1. The molecule has 6 rings (SSSR count). The highest BCUT2D eigenvalue weighted by atomic mass is 16.3. The number of fused-ring (bicyclic) bond motifs is 1. The Labute approximate surface area is 214 Å². The summed E-state index contributed by atoms with van der Waals surface area (Å²) in [6.45, 7) is 7.73. The number of piperazine rings is 1. The van der Waals surface area contributed by atoms with E-state index < -0.39 is 6.04 Å². The molecule has 2 aromatic carbocycles. The molecule has 37 heavy (non-hydrogen) atoms. The molecule has 0 bridgehead atoms. The van der Waals surface area contributed by atoms with Gasteiger partial charge in [0, 0.05) is 42.9 Å². The van der Waals surface area contributed by atoms with E-state index in [4.69, 9.17) is 4.42 Å². The zero-order valence-corrected chi connectivity index (χ0v) is 21.0. The van der Waals surface area contributed by atoms with Gasteiger partial charge in [-0.3, -0.25) is 9.69 Å². The van der Waals surface area contributed by atoms with Crippen LogP contribution in [0.4, 0.5) is 5.69 Å². The van der Waals surface area contributed by atoms with Gasteiger partial charge in [0.2, 0.25) is 0 Å². The van der Waals surface area contributed by atoms with E-state index in [1.54, 1.807) is 10.9 Å². The minimum atomic E-state index is -0.405. The van der Waals surface area contributed by atoms with Crippen LogP contribution in [0.1, 0.15) is 34.3 Å². The van der Waals surface area contributed by atoms with E-state index >= 15 is 0 Å². The lowest BCUT2D eigenvalue weighted by Gasteiger charge is -2.39. The molecule has 1 aliphatic rings. The predicted octanol–water partition coefficient (Wildman–Crippen LogP) is 3.68. The van der Waals surface area contributed by atoms with E-state index in [2.05, 4.69) is 74.5 Å². The summed E-state index contributed by atoms with van der Waals surface area (Å²) in [5, 5.41) is 13.7. The summed E-state index contributed by atoms with van der Waals surface area (Å²) in [6.07, 6.45) is 1.64. The van der Waals surface area contributed by atoms with Gasteiger partial charge in [0.1, 0.15) is 18.3 Å². The van der Waals surface area contributed by atoms with E-state index in [-0.39, 0.29) is 5.56 Å². The standard InChI is InChI=1S/C28H29N7O2/c1-19-15-21-17-24(28(36)29-25(21)16-20(19)2)26(27-30-31-32-35(27)18-23-9-6-14-37-23)34-12-10-33(11-13-34)22-7-4-3-5-8-22/h3-9,14-17,26H,10-13,18H2,1-2H3,(H,29,36)/t26-/m0/s1. The maximum atomic E-state index is 13.5. The second-order valence-corrected chi connectivity index (χ2v) is 9.61. The van der Waals surface area contributed by atoms with Gasteiger partial charge >= 0.3 is 0 Å². The van der Waals surface area contributed by atoms with Gasteiger partial charge in [-0.1, -0.05) is 18.2 Å². The van der Waals surface area contributed by atoms with Crippen LogP contribution in [-0.2, 0) is 6.54 Å². The van der Waals surface area contributed by atoms with Crippen molar-refractivity contribution in [3.8, 4) is 0 Å². The first-order chi connectivity index (χ1) is 18.1. The fourth-order valence-corrected chi connectivity index (χ4v) is 5.14. The van der Waals surface area contributed by atoms with Crippen LogP contribution in [0.3, 0.4) is 0 Å². The number of benzene rings is 2. The number of aromatic nitrogens is 5. The molecule has 9 heteroatoms. The minimum Gasteiger partial charge on any atom is -0.467 e. The number of hydrogen-bond donors (Lipinski definition) is 1. The molecule has 9 nitrogen and oxygen atoms in total. The second kappa shape index (κ2) is 9.67. The maximum absolute atomic E-state index is 13.5. The van der Waals surface area contributed by atoms with E-state index in [9.17, 15) is 4.79 Å². The Morgan fingerprint density at radius 1 is 0.973 bits per heavy atom. The van der Waals surface area contributed by atoms with Gasteiger partial charge in [-0.05, 0) is 83.3 Å². The molecule has 5 aromatic rings. The molecule has 1 fully saturated rings. The molecule has 188 valence electrons. The Hall–Kier alpha value is -4.24. The summed E-state index contributed by atoms with van der Waals surface area (Å²) in [6, 6.07) is 19.9. The molecule has 1 atom stereocenters. The number of pyridine rings is 1.